The number of aliphatic imine (C=N–C) groups is 1. The van der Waals surface area contributed by atoms with Crippen LogP contribution in [0.2, 0.25) is 0 Å². The number of ketones is 1. The van der Waals surface area contributed by atoms with E-state index in [1.54, 1.807) is 7.11 Å². The molecule has 0 radical (unpaired) electrons. The van der Waals surface area contributed by atoms with Crippen molar-refractivity contribution in [1.29, 1.82) is 0 Å². The van der Waals surface area contributed by atoms with Crippen LogP contribution in [-0.4, -0.2) is 31.6 Å². The number of nitrogens with one attached hydrogen (secondary N) is 1. The maximum atomic E-state index is 12.7. The summed E-state index contributed by atoms with van der Waals surface area (Å²) in [6, 6.07) is 5.83. The number of hydrogen-bond acceptors (Lipinski definition) is 4. The van der Waals surface area contributed by atoms with Gasteiger partial charge in [-0.1, -0.05) is 6.42 Å². The highest BCUT2D eigenvalue weighted by molar-refractivity contribution is 5.94. The highest BCUT2D eigenvalue weighted by Crippen LogP contribution is 2.48. The Hall–Kier alpha value is -2.17. The SMILES string of the molecule is COc1ccc2c(c1)C(CCNC(C)=O)(C1CCCCC1=O)C=N2. The summed E-state index contributed by atoms with van der Waals surface area (Å²) in [4.78, 5) is 28.5. The monoisotopic (exact) mass is 328 g/mol. The third kappa shape index (κ3) is 2.95. The van der Waals surface area contributed by atoms with Gasteiger partial charge in [0, 0.05) is 37.4 Å². The van der Waals surface area contributed by atoms with Crippen molar-refractivity contribution in [3.8, 4) is 5.75 Å². The molecule has 0 saturated heterocycles. The van der Waals surface area contributed by atoms with Gasteiger partial charge in [-0.3, -0.25) is 14.6 Å². The molecule has 0 aromatic heterocycles. The number of hydrogen-bond donors (Lipinski definition) is 1. The summed E-state index contributed by atoms with van der Waals surface area (Å²) in [6.45, 7) is 2.04. The number of fused-ring (bicyclic) bond motifs is 1. The third-order valence-electron chi connectivity index (χ3n) is 5.23. The molecule has 24 heavy (non-hydrogen) atoms. The van der Waals surface area contributed by atoms with E-state index in [4.69, 9.17) is 4.74 Å². The molecule has 5 heteroatoms. The lowest BCUT2D eigenvalue weighted by atomic mass is 9.64. The number of methoxy groups -OCH3 is 1. The molecule has 1 fully saturated rings. The average Bonchev–Trinajstić information content (AvgIpc) is 2.94. The number of Topliss-reactive ketones (excluding diaryl/α,β-unsaturated/α-hetero) is 1. The second-order valence-electron chi connectivity index (χ2n) is 6.68. The molecule has 1 aromatic carbocycles. The third-order valence-corrected chi connectivity index (χ3v) is 5.23. The largest absolute Gasteiger partial charge is 0.497 e. The molecule has 1 aromatic rings. The quantitative estimate of drug-likeness (QED) is 0.903. The Labute approximate surface area is 142 Å². The number of benzene rings is 1. The topological polar surface area (TPSA) is 67.8 Å². The lowest BCUT2D eigenvalue weighted by Crippen LogP contribution is -2.44. The van der Waals surface area contributed by atoms with Gasteiger partial charge in [-0.05, 0) is 43.0 Å². The average molecular weight is 328 g/mol. The summed E-state index contributed by atoms with van der Waals surface area (Å²) in [6.07, 6.45) is 6.16. The number of ether oxygens (including phenoxy) is 1. The molecule has 0 bridgehead atoms. The van der Waals surface area contributed by atoms with Gasteiger partial charge in [0.25, 0.3) is 0 Å². The number of amides is 1. The standard InChI is InChI=1S/C19H24N2O3/c1-13(22)20-10-9-19(15-5-3-4-6-18(15)23)12-21-17-8-7-14(24-2)11-16(17)19/h7-8,11-12,15H,3-6,9-10H2,1-2H3,(H,20,22). The van der Waals surface area contributed by atoms with E-state index < -0.39 is 5.41 Å². The molecule has 2 aliphatic rings. The van der Waals surface area contributed by atoms with Gasteiger partial charge in [-0.15, -0.1) is 0 Å². The van der Waals surface area contributed by atoms with Crippen LogP contribution in [0.1, 0.15) is 44.6 Å². The lowest BCUT2D eigenvalue weighted by molar-refractivity contribution is -0.126. The van der Waals surface area contributed by atoms with Crippen LogP contribution in [0.3, 0.4) is 0 Å². The van der Waals surface area contributed by atoms with Gasteiger partial charge < -0.3 is 10.1 Å². The first-order valence-electron chi connectivity index (χ1n) is 8.58. The van der Waals surface area contributed by atoms with Crippen molar-refractivity contribution in [2.75, 3.05) is 13.7 Å². The van der Waals surface area contributed by atoms with E-state index >= 15 is 0 Å². The van der Waals surface area contributed by atoms with Gasteiger partial charge in [-0.2, -0.15) is 0 Å². The van der Waals surface area contributed by atoms with Gasteiger partial charge in [0.15, 0.2) is 0 Å². The number of carbonyl (C=O) groups excluding carboxylic acids is 2. The molecule has 1 N–H and O–H groups in total. The lowest BCUT2D eigenvalue weighted by Gasteiger charge is -2.37. The fourth-order valence-corrected chi connectivity index (χ4v) is 4.01. The predicted octanol–water partition coefficient (Wildman–Crippen LogP) is 2.93. The van der Waals surface area contributed by atoms with E-state index in [1.165, 1.54) is 6.92 Å². The van der Waals surface area contributed by atoms with Crippen molar-refractivity contribution in [3.63, 3.8) is 0 Å². The van der Waals surface area contributed by atoms with Gasteiger partial charge >= 0.3 is 0 Å². The van der Waals surface area contributed by atoms with Gasteiger partial charge in [0.1, 0.15) is 11.5 Å². The van der Waals surface area contributed by atoms with E-state index in [2.05, 4.69) is 10.3 Å². The fourth-order valence-electron chi connectivity index (χ4n) is 4.01. The molecular formula is C19H24N2O3. The molecule has 1 aliphatic heterocycles. The Morgan fingerprint density at radius 1 is 1.42 bits per heavy atom. The molecule has 2 atom stereocenters. The predicted molar refractivity (Wildman–Crippen MR) is 93.1 cm³/mol. The Bertz CT molecular complexity index is 683. The minimum atomic E-state index is -0.441. The summed E-state index contributed by atoms with van der Waals surface area (Å²) in [5.74, 6) is 0.954. The zero-order valence-corrected chi connectivity index (χ0v) is 14.3. The maximum Gasteiger partial charge on any atom is 0.216 e. The molecule has 1 saturated carbocycles. The number of nitrogens with zero attached hydrogens (tertiary/aromatic N) is 1. The Morgan fingerprint density at radius 2 is 2.25 bits per heavy atom. The van der Waals surface area contributed by atoms with E-state index in [-0.39, 0.29) is 11.8 Å². The highest BCUT2D eigenvalue weighted by Gasteiger charge is 2.47. The van der Waals surface area contributed by atoms with Crippen molar-refractivity contribution in [3.05, 3.63) is 23.8 Å². The Morgan fingerprint density at radius 3 is 2.96 bits per heavy atom. The summed E-state index contributed by atoms with van der Waals surface area (Å²) < 4.78 is 5.38. The highest BCUT2D eigenvalue weighted by atomic mass is 16.5. The first kappa shape index (κ1) is 16.7. The molecular weight excluding hydrogens is 304 g/mol. The maximum absolute atomic E-state index is 12.7. The van der Waals surface area contributed by atoms with Crippen LogP contribution < -0.4 is 10.1 Å². The van der Waals surface area contributed by atoms with Gasteiger partial charge in [0.05, 0.1) is 12.8 Å². The summed E-state index contributed by atoms with van der Waals surface area (Å²) >= 11 is 0. The molecule has 0 spiro atoms. The van der Waals surface area contributed by atoms with Gasteiger partial charge in [0.2, 0.25) is 5.91 Å². The van der Waals surface area contributed by atoms with Gasteiger partial charge in [-0.25, -0.2) is 0 Å². The van der Waals surface area contributed by atoms with Crippen LogP contribution in [0.25, 0.3) is 0 Å². The van der Waals surface area contributed by atoms with Crippen LogP contribution in [0.4, 0.5) is 5.69 Å². The van der Waals surface area contributed by atoms with E-state index in [9.17, 15) is 9.59 Å². The number of rotatable bonds is 5. The van der Waals surface area contributed by atoms with E-state index in [0.717, 1.165) is 36.3 Å². The van der Waals surface area contributed by atoms with Crippen molar-refractivity contribution in [2.45, 2.75) is 44.4 Å². The Balaban J connectivity index is 1.99. The summed E-state index contributed by atoms with van der Waals surface area (Å²) in [5, 5.41) is 2.87. The summed E-state index contributed by atoms with van der Waals surface area (Å²) in [5.41, 5.74) is 1.51. The van der Waals surface area contributed by atoms with Crippen molar-refractivity contribution >= 4 is 23.6 Å². The Kier molecular flexibility index (Phi) is 4.69. The van der Waals surface area contributed by atoms with Crippen molar-refractivity contribution in [2.24, 2.45) is 10.9 Å². The van der Waals surface area contributed by atoms with Crippen LogP contribution in [0, 0.1) is 5.92 Å². The molecule has 1 heterocycles. The molecule has 128 valence electrons. The molecule has 1 aliphatic carbocycles. The first-order valence-corrected chi connectivity index (χ1v) is 8.58. The first-order chi connectivity index (χ1) is 11.6. The fraction of sp³-hybridized carbons (Fsp3) is 0.526. The van der Waals surface area contributed by atoms with E-state index in [1.807, 2.05) is 24.4 Å². The zero-order chi connectivity index (χ0) is 17.2. The zero-order valence-electron chi connectivity index (χ0n) is 14.3. The van der Waals surface area contributed by atoms with Crippen molar-refractivity contribution < 1.29 is 14.3 Å². The normalized spacial score (nSPS) is 25.4. The van der Waals surface area contributed by atoms with Crippen LogP contribution in [0.5, 0.6) is 5.75 Å². The molecule has 3 rings (SSSR count). The minimum Gasteiger partial charge on any atom is -0.497 e. The van der Waals surface area contributed by atoms with E-state index in [0.29, 0.717) is 25.2 Å². The molecule has 5 nitrogen and oxygen atoms in total. The summed E-state index contributed by atoms with van der Waals surface area (Å²) in [7, 11) is 1.64. The van der Waals surface area contributed by atoms with Crippen LogP contribution in [0.15, 0.2) is 23.2 Å². The van der Waals surface area contributed by atoms with Crippen molar-refractivity contribution in [1.82, 2.24) is 5.32 Å². The van der Waals surface area contributed by atoms with Crippen LogP contribution in [-0.2, 0) is 15.0 Å². The second kappa shape index (κ2) is 6.75. The molecule has 1 amide bonds. The molecule has 2 unspecified atom stereocenters. The number of carbonyl (C=O) groups is 2. The van der Waals surface area contributed by atoms with Crippen LogP contribution >= 0.6 is 0 Å². The smallest absolute Gasteiger partial charge is 0.216 e. The minimum absolute atomic E-state index is 0.0547. The second-order valence-corrected chi connectivity index (χ2v) is 6.68.